The summed E-state index contributed by atoms with van der Waals surface area (Å²) in [5.41, 5.74) is 1.30. The number of ketones is 1. The normalized spacial score (nSPS) is 11.4. The van der Waals surface area contributed by atoms with Crippen LogP contribution in [0.1, 0.15) is 22.8 Å². The molecule has 2 rings (SSSR count). The number of carbonyl (C=O) groups is 1. The van der Waals surface area contributed by atoms with E-state index in [1.54, 1.807) is 31.2 Å². The van der Waals surface area contributed by atoms with Crippen LogP contribution in [0.25, 0.3) is 6.08 Å². The molecule has 20 heavy (non-hydrogen) atoms. The zero-order chi connectivity index (χ0) is 14.7. The molecule has 0 fully saturated rings. The van der Waals surface area contributed by atoms with Crippen LogP contribution in [0.15, 0.2) is 48.0 Å². The average Bonchev–Trinajstić information content (AvgIpc) is 2.40. The molecule has 0 spiro atoms. The Hall–Kier alpha value is -2.26. The largest absolute Gasteiger partial charge is 0.508 e. The van der Waals surface area contributed by atoms with Crippen LogP contribution in [0.4, 0.5) is 0 Å². The molecule has 2 N–H and O–H groups in total. The van der Waals surface area contributed by atoms with Gasteiger partial charge < -0.3 is 10.2 Å². The molecule has 0 unspecified atom stereocenters. The zero-order valence-corrected chi connectivity index (χ0v) is 11.6. The van der Waals surface area contributed by atoms with Crippen LogP contribution in [0.5, 0.6) is 11.5 Å². The maximum Gasteiger partial charge on any atom is 0.192 e. The van der Waals surface area contributed by atoms with Crippen LogP contribution in [-0.2, 0) is 0 Å². The van der Waals surface area contributed by atoms with Gasteiger partial charge in [-0.15, -0.1) is 0 Å². The van der Waals surface area contributed by atoms with E-state index >= 15 is 0 Å². The van der Waals surface area contributed by atoms with Gasteiger partial charge in [-0.05, 0) is 54.5 Å². The number of phenols is 2. The summed E-state index contributed by atoms with van der Waals surface area (Å²) in [5, 5.41) is 19.7. The number of allylic oxidation sites excluding steroid dienone is 1. The number of halogens is 1. The first kappa shape index (κ1) is 14.2. The van der Waals surface area contributed by atoms with Crippen LogP contribution >= 0.6 is 11.6 Å². The van der Waals surface area contributed by atoms with Gasteiger partial charge in [-0.1, -0.05) is 23.7 Å². The Balaban J connectivity index is 2.35. The van der Waals surface area contributed by atoms with Crippen LogP contribution in [0, 0.1) is 0 Å². The summed E-state index contributed by atoms with van der Waals surface area (Å²) in [5.74, 6) is -0.577. The summed E-state index contributed by atoms with van der Waals surface area (Å²) < 4.78 is 0. The lowest BCUT2D eigenvalue weighted by Gasteiger charge is -2.05. The predicted octanol–water partition coefficient (Wildman–Crippen LogP) is 4.04. The number of hydrogen-bond donors (Lipinski definition) is 2. The molecule has 0 amide bonds. The molecule has 0 aliphatic rings. The lowest BCUT2D eigenvalue weighted by Crippen LogP contribution is -2.01. The van der Waals surface area contributed by atoms with E-state index in [4.69, 9.17) is 11.6 Å². The Morgan fingerprint density at radius 1 is 1.15 bits per heavy atom. The minimum absolute atomic E-state index is 0.0679. The van der Waals surface area contributed by atoms with Crippen LogP contribution in [0.2, 0.25) is 5.02 Å². The molecule has 0 aliphatic carbocycles. The van der Waals surface area contributed by atoms with Crippen molar-refractivity contribution in [2.24, 2.45) is 0 Å². The van der Waals surface area contributed by atoms with Gasteiger partial charge in [0.2, 0.25) is 0 Å². The second-order valence-corrected chi connectivity index (χ2v) is 4.85. The van der Waals surface area contributed by atoms with E-state index in [1.165, 1.54) is 18.2 Å². The fourth-order valence-electron chi connectivity index (χ4n) is 1.83. The van der Waals surface area contributed by atoms with E-state index in [-0.39, 0.29) is 22.8 Å². The fourth-order valence-corrected chi connectivity index (χ4v) is 2.03. The highest BCUT2D eigenvalue weighted by molar-refractivity contribution is 6.30. The molecule has 0 aliphatic heterocycles. The topological polar surface area (TPSA) is 57.5 Å². The summed E-state index contributed by atoms with van der Waals surface area (Å²) in [7, 11) is 0. The fraction of sp³-hybridized carbons (Fsp3) is 0.0625. The van der Waals surface area contributed by atoms with Crippen molar-refractivity contribution in [1.82, 2.24) is 0 Å². The maximum absolute atomic E-state index is 12.2. The zero-order valence-electron chi connectivity index (χ0n) is 10.8. The number of hydrogen-bond acceptors (Lipinski definition) is 3. The number of rotatable bonds is 3. The standard InChI is InChI=1S/C16H13ClO3/c1-10(7-11-3-2-4-12(17)8-11)16(20)14-9-13(18)5-6-15(14)19/h2-9,18-19H,1H3/b10-7+. The van der Waals surface area contributed by atoms with E-state index in [0.29, 0.717) is 10.6 Å². The third-order valence-electron chi connectivity index (χ3n) is 2.81. The Kier molecular flexibility index (Phi) is 4.11. The minimum atomic E-state index is -0.349. The van der Waals surface area contributed by atoms with Crippen molar-refractivity contribution in [1.29, 1.82) is 0 Å². The van der Waals surface area contributed by atoms with Gasteiger partial charge in [0.25, 0.3) is 0 Å². The summed E-state index contributed by atoms with van der Waals surface area (Å²) in [6.07, 6.45) is 1.68. The number of aromatic hydroxyl groups is 2. The molecule has 2 aromatic rings. The van der Waals surface area contributed by atoms with Crippen molar-refractivity contribution in [2.75, 3.05) is 0 Å². The molecular weight excluding hydrogens is 276 g/mol. The Morgan fingerprint density at radius 2 is 1.90 bits per heavy atom. The van der Waals surface area contributed by atoms with Gasteiger partial charge in [0.1, 0.15) is 11.5 Å². The maximum atomic E-state index is 12.2. The average molecular weight is 289 g/mol. The van der Waals surface area contributed by atoms with Crippen molar-refractivity contribution in [3.63, 3.8) is 0 Å². The summed E-state index contributed by atoms with van der Waals surface area (Å²) in [4.78, 5) is 12.2. The summed E-state index contributed by atoms with van der Waals surface area (Å²) in [6.45, 7) is 1.65. The lowest BCUT2D eigenvalue weighted by atomic mass is 10.0. The van der Waals surface area contributed by atoms with Crippen LogP contribution in [0.3, 0.4) is 0 Å². The number of carbonyl (C=O) groups excluding carboxylic acids is 1. The number of Topliss-reactive ketones (excluding diaryl/α,β-unsaturated/α-hetero) is 1. The van der Waals surface area contributed by atoms with Crippen molar-refractivity contribution in [3.05, 3.63) is 64.2 Å². The molecule has 0 heterocycles. The van der Waals surface area contributed by atoms with Gasteiger partial charge in [-0.3, -0.25) is 4.79 Å². The van der Waals surface area contributed by atoms with Crippen LogP contribution in [-0.4, -0.2) is 16.0 Å². The van der Waals surface area contributed by atoms with Crippen molar-refractivity contribution in [2.45, 2.75) is 6.92 Å². The van der Waals surface area contributed by atoms with E-state index in [2.05, 4.69) is 0 Å². The molecule has 102 valence electrons. The van der Waals surface area contributed by atoms with E-state index in [0.717, 1.165) is 5.56 Å². The molecule has 3 nitrogen and oxygen atoms in total. The van der Waals surface area contributed by atoms with Gasteiger partial charge in [-0.2, -0.15) is 0 Å². The molecule has 0 atom stereocenters. The van der Waals surface area contributed by atoms with E-state index in [9.17, 15) is 15.0 Å². The third-order valence-corrected chi connectivity index (χ3v) is 3.05. The van der Waals surface area contributed by atoms with Gasteiger partial charge in [-0.25, -0.2) is 0 Å². The lowest BCUT2D eigenvalue weighted by molar-refractivity contribution is 0.103. The highest BCUT2D eigenvalue weighted by atomic mass is 35.5. The first-order valence-corrected chi connectivity index (χ1v) is 6.36. The number of benzene rings is 2. The van der Waals surface area contributed by atoms with E-state index < -0.39 is 0 Å². The molecule has 2 aromatic carbocycles. The Labute approximate surface area is 121 Å². The minimum Gasteiger partial charge on any atom is -0.508 e. The summed E-state index contributed by atoms with van der Waals surface area (Å²) in [6, 6.07) is 10.9. The second-order valence-electron chi connectivity index (χ2n) is 4.41. The Bertz CT molecular complexity index is 690. The van der Waals surface area contributed by atoms with Gasteiger partial charge in [0.05, 0.1) is 5.56 Å². The second kappa shape index (κ2) is 5.80. The quantitative estimate of drug-likeness (QED) is 0.509. The van der Waals surface area contributed by atoms with Crippen LogP contribution < -0.4 is 0 Å². The molecule has 0 radical (unpaired) electrons. The number of phenolic OH excluding ortho intramolecular Hbond substituents is 2. The molecule has 0 saturated carbocycles. The first-order valence-electron chi connectivity index (χ1n) is 5.98. The van der Waals surface area contributed by atoms with Crippen molar-refractivity contribution < 1.29 is 15.0 Å². The SMILES string of the molecule is C/C(=C\c1cccc(Cl)c1)C(=O)c1cc(O)ccc1O. The first-order chi connectivity index (χ1) is 9.47. The van der Waals surface area contributed by atoms with Gasteiger partial charge in [0, 0.05) is 5.02 Å². The molecular formula is C16H13ClO3. The highest BCUT2D eigenvalue weighted by Crippen LogP contribution is 2.25. The van der Waals surface area contributed by atoms with Crippen molar-refractivity contribution >= 4 is 23.5 Å². The molecule has 0 bridgehead atoms. The summed E-state index contributed by atoms with van der Waals surface area (Å²) >= 11 is 5.88. The van der Waals surface area contributed by atoms with E-state index in [1.807, 2.05) is 6.07 Å². The van der Waals surface area contributed by atoms with Crippen molar-refractivity contribution in [3.8, 4) is 11.5 Å². The molecule has 0 saturated heterocycles. The van der Waals surface area contributed by atoms with Gasteiger partial charge in [0.15, 0.2) is 5.78 Å². The monoisotopic (exact) mass is 288 g/mol. The predicted molar refractivity (Wildman–Crippen MR) is 79.2 cm³/mol. The molecule has 0 aromatic heterocycles. The highest BCUT2D eigenvalue weighted by Gasteiger charge is 2.13. The molecule has 4 heteroatoms. The van der Waals surface area contributed by atoms with Gasteiger partial charge >= 0.3 is 0 Å². The smallest absolute Gasteiger partial charge is 0.192 e. The Morgan fingerprint density at radius 3 is 2.60 bits per heavy atom. The third kappa shape index (κ3) is 3.19.